The molecule has 3 aromatic rings. The summed E-state index contributed by atoms with van der Waals surface area (Å²) >= 11 is 1.09. The molecular weight excluding hydrogens is 404 g/mol. The number of rotatable bonds is 7. The zero-order chi connectivity index (χ0) is 21.2. The molecule has 0 saturated heterocycles. The lowest BCUT2D eigenvalue weighted by molar-refractivity contribution is 0.104. The zero-order valence-electron chi connectivity index (χ0n) is 16.7. The number of hydrogen-bond donors (Lipinski definition) is 2. The van der Waals surface area contributed by atoms with E-state index in [1.165, 1.54) is 0 Å². The van der Waals surface area contributed by atoms with Crippen molar-refractivity contribution in [2.75, 3.05) is 16.8 Å². The van der Waals surface area contributed by atoms with Crippen molar-refractivity contribution in [3.8, 4) is 0 Å². The van der Waals surface area contributed by atoms with Crippen LogP contribution >= 0.6 is 11.3 Å². The van der Waals surface area contributed by atoms with Crippen molar-refractivity contribution in [3.05, 3.63) is 70.1 Å². The third kappa shape index (κ3) is 4.06. The predicted octanol–water partition coefficient (Wildman–Crippen LogP) is 4.97. The summed E-state index contributed by atoms with van der Waals surface area (Å²) < 4.78 is 25.6. The van der Waals surface area contributed by atoms with Gasteiger partial charge >= 0.3 is 0 Å². The number of nitrogens with one attached hydrogen (secondary N) is 1. The number of sulfone groups is 1. The molecule has 0 amide bonds. The highest BCUT2D eigenvalue weighted by Gasteiger charge is 2.29. The second-order valence-electron chi connectivity index (χ2n) is 6.69. The Labute approximate surface area is 175 Å². The van der Waals surface area contributed by atoms with Crippen molar-refractivity contribution < 1.29 is 13.2 Å². The second kappa shape index (κ2) is 8.39. The third-order valence-corrected chi connectivity index (χ3v) is 7.87. The Morgan fingerprint density at radius 3 is 2.38 bits per heavy atom. The van der Waals surface area contributed by atoms with Gasteiger partial charge in [0, 0.05) is 11.3 Å². The first kappa shape index (κ1) is 21.1. The molecule has 0 radical (unpaired) electrons. The van der Waals surface area contributed by atoms with Gasteiger partial charge in [-0.1, -0.05) is 62.4 Å². The monoisotopic (exact) mass is 428 g/mol. The van der Waals surface area contributed by atoms with Crippen molar-refractivity contribution in [1.29, 1.82) is 0 Å². The highest BCUT2D eigenvalue weighted by molar-refractivity contribution is 7.92. The minimum Gasteiger partial charge on any atom is -0.396 e. The molecule has 152 valence electrons. The number of aryl methyl sites for hydroxylation is 2. The molecule has 3 rings (SSSR count). The van der Waals surface area contributed by atoms with Crippen LogP contribution in [0.25, 0.3) is 0 Å². The molecule has 0 bridgehead atoms. The van der Waals surface area contributed by atoms with Crippen molar-refractivity contribution >= 4 is 43.3 Å². The Balaban J connectivity index is 2.18. The topological polar surface area (TPSA) is 89.3 Å². The lowest BCUT2D eigenvalue weighted by Crippen LogP contribution is -2.10. The first-order valence-electron chi connectivity index (χ1n) is 9.40. The molecule has 3 N–H and O–H groups in total. The number of nitrogen functional groups attached to an aromatic ring is 1. The van der Waals surface area contributed by atoms with Gasteiger partial charge in [-0.15, -0.1) is 11.3 Å². The van der Waals surface area contributed by atoms with Gasteiger partial charge in [0.15, 0.2) is 9.84 Å². The molecule has 0 unspecified atom stereocenters. The third-order valence-electron chi connectivity index (χ3n) is 4.81. The van der Waals surface area contributed by atoms with Crippen LogP contribution in [0.4, 0.5) is 16.4 Å². The molecule has 0 spiro atoms. The first-order chi connectivity index (χ1) is 13.8. The molecule has 0 aliphatic rings. The Morgan fingerprint density at radius 1 is 1.07 bits per heavy atom. The van der Waals surface area contributed by atoms with E-state index in [0.29, 0.717) is 10.6 Å². The molecule has 0 fully saturated rings. The van der Waals surface area contributed by atoms with Gasteiger partial charge in [0.05, 0.1) is 11.4 Å². The van der Waals surface area contributed by atoms with Gasteiger partial charge < -0.3 is 11.1 Å². The molecule has 0 saturated carbocycles. The normalized spacial score (nSPS) is 11.4. The molecule has 0 atom stereocenters. The van der Waals surface area contributed by atoms with E-state index in [-0.39, 0.29) is 27.0 Å². The van der Waals surface area contributed by atoms with Crippen molar-refractivity contribution in [1.82, 2.24) is 0 Å². The highest BCUT2D eigenvalue weighted by atomic mass is 32.2. The number of carbonyl (C=O) groups is 1. The van der Waals surface area contributed by atoms with Crippen LogP contribution in [0.1, 0.15) is 40.2 Å². The van der Waals surface area contributed by atoms with E-state index >= 15 is 0 Å². The average molecular weight is 429 g/mol. The molecule has 7 heteroatoms. The molecule has 1 heterocycles. The maximum atomic E-state index is 13.0. The maximum Gasteiger partial charge on any atom is 0.205 e. The van der Waals surface area contributed by atoms with Crippen LogP contribution in [0.15, 0.2) is 53.4 Å². The van der Waals surface area contributed by atoms with Crippen molar-refractivity contribution in [2.24, 2.45) is 0 Å². The van der Waals surface area contributed by atoms with Gasteiger partial charge in [-0.3, -0.25) is 4.79 Å². The van der Waals surface area contributed by atoms with Gasteiger partial charge in [0.2, 0.25) is 5.78 Å². The molecule has 1 aromatic heterocycles. The summed E-state index contributed by atoms with van der Waals surface area (Å²) in [5, 5.41) is 3.66. The number of para-hydroxylation sites is 1. The summed E-state index contributed by atoms with van der Waals surface area (Å²) in [5.74, 6) is -0.384. The quantitative estimate of drug-likeness (QED) is 0.519. The fourth-order valence-electron chi connectivity index (χ4n) is 3.17. The Morgan fingerprint density at radius 2 is 1.76 bits per heavy atom. The summed E-state index contributed by atoms with van der Waals surface area (Å²) in [4.78, 5) is 13.2. The van der Waals surface area contributed by atoms with Gasteiger partial charge in [0.25, 0.3) is 0 Å². The maximum absolute atomic E-state index is 13.0. The van der Waals surface area contributed by atoms with Gasteiger partial charge in [-0.25, -0.2) is 8.42 Å². The van der Waals surface area contributed by atoms with Crippen molar-refractivity contribution in [3.63, 3.8) is 0 Å². The number of thiophene rings is 1. The number of hydrogen-bond acceptors (Lipinski definition) is 6. The molecule has 5 nitrogen and oxygen atoms in total. The highest BCUT2D eigenvalue weighted by Crippen LogP contribution is 2.43. The number of ketones is 1. The first-order valence-corrected chi connectivity index (χ1v) is 11.9. The van der Waals surface area contributed by atoms with E-state index in [1.807, 2.05) is 38.1 Å². The summed E-state index contributed by atoms with van der Waals surface area (Å²) in [6.07, 6.45) is 0.788. The minimum atomic E-state index is -3.64. The smallest absolute Gasteiger partial charge is 0.205 e. The van der Waals surface area contributed by atoms with Crippen LogP contribution in [0.3, 0.4) is 0 Å². The summed E-state index contributed by atoms with van der Waals surface area (Å²) in [7, 11) is -3.64. The molecular formula is C22H24N2O3S2. The van der Waals surface area contributed by atoms with E-state index in [1.54, 1.807) is 31.2 Å². The van der Waals surface area contributed by atoms with E-state index in [2.05, 4.69) is 5.32 Å². The number of nitrogens with two attached hydrogens (primary N) is 1. The van der Waals surface area contributed by atoms with Crippen LogP contribution in [0.5, 0.6) is 0 Å². The van der Waals surface area contributed by atoms with Crippen molar-refractivity contribution in [2.45, 2.75) is 32.1 Å². The van der Waals surface area contributed by atoms with E-state index < -0.39 is 9.84 Å². The molecule has 0 aliphatic carbocycles. The molecule has 2 aromatic carbocycles. The van der Waals surface area contributed by atoms with Crippen LogP contribution in [0.2, 0.25) is 0 Å². The van der Waals surface area contributed by atoms with E-state index in [9.17, 15) is 13.2 Å². The van der Waals surface area contributed by atoms with Crippen LogP contribution in [0, 0.1) is 6.92 Å². The van der Waals surface area contributed by atoms with Crippen LogP contribution < -0.4 is 11.1 Å². The van der Waals surface area contributed by atoms with Gasteiger partial charge in [0.1, 0.15) is 14.8 Å². The van der Waals surface area contributed by atoms with Gasteiger partial charge in [-0.05, 0) is 24.5 Å². The van der Waals surface area contributed by atoms with E-state index in [0.717, 1.165) is 34.6 Å². The Hall–Kier alpha value is -2.64. The summed E-state index contributed by atoms with van der Waals surface area (Å²) in [5.41, 5.74) is 9.63. The summed E-state index contributed by atoms with van der Waals surface area (Å²) in [6.45, 7) is 5.57. The SMILES string of the molecule is CCc1cccc(C)c1Nc1sc(C(=O)c2ccccc2)c(N)c1S(=O)(=O)CC. The largest absolute Gasteiger partial charge is 0.396 e. The number of benzene rings is 2. The molecule has 0 aliphatic heterocycles. The predicted molar refractivity (Wildman–Crippen MR) is 120 cm³/mol. The van der Waals surface area contributed by atoms with E-state index in [4.69, 9.17) is 5.73 Å². The molecule has 29 heavy (non-hydrogen) atoms. The minimum absolute atomic E-state index is 0.00888. The van der Waals surface area contributed by atoms with Gasteiger partial charge in [-0.2, -0.15) is 0 Å². The fraction of sp³-hybridized carbons (Fsp3) is 0.227. The zero-order valence-corrected chi connectivity index (χ0v) is 18.3. The summed E-state index contributed by atoms with van der Waals surface area (Å²) in [6, 6.07) is 14.7. The van der Waals surface area contributed by atoms with Crippen LogP contribution in [-0.2, 0) is 16.3 Å². The second-order valence-corrected chi connectivity index (χ2v) is 9.92. The Kier molecular flexibility index (Phi) is 6.10. The van der Waals surface area contributed by atoms with Crippen LogP contribution in [-0.4, -0.2) is 20.0 Å². The fourth-order valence-corrected chi connectivity index (χ4v) is 5.78. The number of carbonyl (C=O) groups excluding carboxylic acids is 1. The lowest BCUT2D eigenvalue weighted by atomic mass is 10.1. The standard InChI is InChI=1S/C22H24N2O3S2/c1-4-15-13-9-10-14(3)18(15)24-22-21(29(26,27)5-2)17(23)20(28-22)19(25)16-11-7-6-8-12-16/h6-13,24H,4-5,23H2,1-3H3. The lowest BCUT2D eigenvalue weighted by Gasteiger charge is -2.14. The Bertz CT molecular complexity index is 1150. The average Bonchev–Trinajstić information content (AvgIpc) is 3.06. The number of anilines is 3.